The monoisotopic (exact) mass is 342 g/mol. The third-order valence-corrected chi connectivity index (χ3v) is 2.95. The number of carbonyl (C=O) groups excluding carboxylic acids is 1. The summed E-state index contributed by atoms with van der Waals surface area (Å²) < 4.78 is 0. The van der Waals surface area contributed by atoms with E-state index in [1.807, 2.05) is 100 Å². The Kier molecular flexibility index (Phi) is 10.7. The van der Waals surface area contributed by atoms with Crippen molar-refractivity contribution >= 4 is 11.9 Å². The van der Waals surface area contributed by atoms with Crippen molar-refractivity contribution in [3.8, 4) is 0 Å². The molecule has 0 N–H and O–H groups in total. The topological polar surface area (TPSA) is 17.1 Å². The van der Waals surface area contributed by atoms with Gasteiger partial charge in [-0.2, -0.15) is 0 Å². The van der Waals surface area contributed by atoms with Gasteiger partial charge < -0.3 is 0 Å². The molecule has 0 unspecified atom stereocenters. The predicted octanol–water partition coefficient (Wildman–Crippen LogP) is 4.25. The Balaban J connectivity index is 0.000000377. The largest absolute Gasteiger partial charge is 2.00 e. The van der Waals surface area contributed by atoms with Crippen LogP contribution in [0.2, 0.25) is 0 Å². The average molecular weight is 342 g/mol. The van der Waals surface area contributed by atoms with Crippen LogP contribution in [0, 0.1) is 63.7 Å². The Labute approximate surface area is 151 Å². The number of ketones is 1. The third-order valence-electron chi connectivity index (χ3n) is 2.95. The molecule has 0 spiro atoms. The van der Waals surface area contributed by atoms with E-state index in [1.54, 1.807) is 12.2 Å². The predicted molar refractivity (Wildman–Crippen MR) is 91.6 cm³/mol. The summed E-state index contributed by atoms with van der Waals surface area (Å²) in [6, 6.07) is 9.98. The number of hydrogen-bond acceptors (Lipinski definition) is 1. The fraction of sp³-hybridized carbons (Fsp3) is 0. The SMILES string of the molecule is O=C(/C=C/C=C/c1ccccc1)[C]1[CH][CH][CH][CH]1.[CH]1[CH][CH][CH][CH]1.[Fe+2]. The molecule has 0 aliphatic heterocycles. The van der Waals surface area contributed by atoms with Crippen LogP contribution >= 0.6 is 0 Å². The smallest absolute Gasteiger partial charge is 0.294 e. The van der Waals surface area contributed by atoms with E-state index in [9.17, 15) is 4.79 Å². The second kappa shape index (κ2) is 12.3. The average Bonchev–Trinajstić information content (AvgIpc) is 3.28. The first kappa shape index (κ1) is 19.9. The molecule has 1 nitrogen and oxygen atoms in total. The summed E-state index contributed by atoms with van der Waals surface area (Å²) in [5.74, 6) is 0.766. The Bertz CT molecular complexity index is 472. The summed E-state index contributed by atoms with van der Waals surface area (Å²) >= 11 is 0. The summed E-state index contributed by atoms with van der Waals surface area (Å²) in [4.78, 5) is 11.6. The van der Waals surface area contributed by atoms with E-state index in [0.29, 0.717) is 0 Å². The van der Waals surface area contributed by atoms with Crippen LogP contribution < -0.4 is 0 Å². The first-order chi connectivity index (χ1) is 10.9. The Morgan fingerprint density at radius 2 is 1.30 bits per heavy atom. The van der Waals surface area contributed by atoms with Gasteiger partial charge in [0.1, 0.15) is 0 Å². The zero-order valence-corrected chi connectivity index (χ0v) is 13.8. The van der Waals surface area contributed by atoms with E-state index in [0.717, 1.165) is 11.5 Å². The van der Waals surface area contributed by atoms with Crippen LogP contribution in [0.25, 0.3) is 6.08 Å². The zero-order chi connectivity index (χ0) is 15.5. The molecule has 23 heavy (non-hydrogen) atoms. The fourth-order valence-electron chi connectivity index (χ4n) is 1.83. The molecule has 0 aromatic heterocycles. The minimum Gasteiger partial charge on any atom is -0.294 e. The minimum atomic E-state index is 0. The molecule has 2 aliphatic carbocycles. The van der Waals surface area contributed by atoms with E-state index < -0.39 is 0 Å². The van der Waals surface area contributed by atoms with Crippen LogP contribution in [0.3, 0.4) is 0 Å². The van der Waals surface area contributed by atoms with E-state index in [-0.39, 0.29) is 22.9 Å². The Morgan fingerprint density at radius 1 is 0.739 bits per heavy atom. The number of allylic oxidation sites excluding steroid dienone is 3. The molecule has 0 saturated heterocycles. The first-order valence-electron chi connectivity index (χ1n) is 7.19. The van der Waals surface area contributed by atoms with E-state index in [1.165, 1.54) is 0 Å². The van der Waals surface area contributed by atoms with E-state index >= 15 is 0 Å². The fourth-order valence-corrected chi connectivity index (χ4v) is 1.83. The molecule has 10 radical (unpaired) electrons. The third kappa shape index (κ3) is 8.34. The number of rotatable bonds is 4. The van der Waals surface area contributed by atoms with Gasteiger partial charge in [-0.3, -0.25) is 4.79 Å². The van der Waals surface area contributed by atoms with Gasteiger partial charge in [0.05, 0.1) is 5.92 Å². The Hall–Kier alpha value is -1.11. The molecule has 0 bridgehead atoms. The van der Waals surface area contributed by atoms with Gasteiger partial charge in [-0.1, -0.05) is 48.6 Å². The minimum absolute atomic E-state index is 0. The Morgan fingerprint density at radius 3 is 1.87 bits per heavy atom. The van der Waals surface area contributed by atoms with Crippen molar-refractivity contribution in [1.82, 2.24) is 0 Å². The van der Waals surface area contributed by atoms with Crippen LogP contribution in [-0.2, 0) is 21.9 Å². The van der Waals surface area contributed by atoms with Gasteiger partial charge in [-0.15, -0.1) is 0 Å². The molecule has 2 aliphatic rings. The maximum Gasteiger partial charge on any atom is 2.00 e. The van der Waals surface area contributed by atoms with Crippen LogP contribution in [0.15, 0.2) is 48.6 Å². The summed E-state index contributed by atoms with van der Waals surface area (Å²) in [7, 11) is 0. The van der Waals surface area contributed by atoms with Gasteiger partial charge in [0.25, 0.3) is 0 Å². The van der Waals surface area contributed by atoms with Gasteiger partial charge in [-0.05, 0) is 69.4 Å². The molecule has 3 rings (SSSR count). The van der Waals surface area contributed by atoms with E-state index in [4.69, 9.17) is 0 Å². The molecular weight excluding hydrogens is 324 g/mol. The second-order valence-corrected chi connectivity index (χ2v) is 4.63. The quantitative estimate of drug-likeness (QED) is 0.454. The molecule has 114 valence electrons. The van der Waals surface area contributed by atoms with Crippen LogP contribution in [0.5, 0.6) is 0 Å². The van der Waals surface area contributed by atoms with Crippen molar-refractivity contribution in [2.45, 2.75) is 0 Å². The van der Waals surface area contributed by atoms with Crippen molar-refractivity contribution in [3.63, 3.8) is 0 Å². The zero-order valence-electron chi connectivity index (χ0n) is 12.7. The van der Waals surface area contributed by atoms with Crippen LogP contribution in [0.4, 0.5) is 0 Å². The van der Waals surface area contributed by atoms with Gasteiger partial charge >= 0.3 is 17.1 Å². The van der Waals surface area contributed by atoms with Gasteiger partial charge in [0.2, 0.25) is 0 Å². The second-order valence-electron chi connectivity index (χ2n) is 4.63. The molecule has 0 amide bonds. The number of benzene rings is 1. The molecule has 1 aromatic carbocycles. The van der Waals surface area contributed by atoms with Crippen molar-refractivity contribution in [1.29, 1.82) is 0 Å². The molecule has 0 heterocycles. The van der Waals surface area contributed by atoms with Crippen molar-refractivity contribution in [2.24, 2.45) is 0 Å². The number of carbonyl (C=O) groups is 1. The number of hydrogen-bond donors (Lipinski definition) is 0. The normalized spacial score (nSPS) is 17.9. The van der Waals surface area contributed by atoms with Gasteiger partial charge in [0.15, 0.2) is 5.78 Å². The molecule has 2 saturated carbocycles. The summed E-state index contributed by atoms with van der Waals surface area (Å²) in [6.07, 6.45) is 24.5. The molecule has 0 atom stereocenters. The summed E-state index contributed by atoms with van der Waals surface area (Å²) in [5.41, 5.74) is 1.12. The first-order valence-corrected chi connectivity index (χ1v) is 7.19. The standard InChI is InChI=1S/C16H13O.C5H5.Fe/c17-16(15-11-5-6-12-15)13-7-4-10-14-8-2-1-3-9-14;1-2-4-5-3-1;/h1-13H;1-5H;/q;;+2/b10-4+,13-7+;;. The summed E-state index contributed by atoms with van der Waals surface area (Å²) in [6.45, 7) is 0. The molecular formula is C21H18FeO+2. The van der Waals surface area contributed by atoms with Gasteiger partial charge in [-0.25, -0.2) is 0 Å². The molecule has 2 fully saturated rings. The van der Waals surface area contributed by atoms with Crippen LogP contribution in [-0.4, -0.2) is 5.78 Å². The van der Waals surface area contributed by atoms with Crippen molar-refractivity contribution < 1.29 is 21.9 Å². The molecule has 1 aromatic rings. The molecule has 2 heteroatoms. The van der Waals surface area contributed by atoms with Crippen molar-refractivity contribution in [3.05, 3.63) is 118 Å². The maximum absolute atomic E-state index is 11.6. The maximum atomic E-state index is 11.6. The van der Waals surface area contributed by atoms with Crippen LogP contribution in [0.1, 0.15) is 5.56 Å². The summed E-state index contributed by atoms with van der Waals surface area (Å²) in [5, 5.41) is 0. The van der Waals surface area contributed by atoms with Gasteiger partial charge in [0, 0.05) is 0 Å². The van der Waals surface area contributed by atoms with Crippen molar-refractivity contribution in [2.75, 3.05) is 0 Å². The van der Waals surface area contributed by atoms with E-state index in [2.05, 4.69) is 0 Å².